The Labute approximate surface area is 158 Å². The molecule has 0 saturated carbocycles. The van der Waals surface area contributed by atoms with Gasteiger partial charge in [0.25, 0.3) is 0 Å². The van der Waals surface area contributed by atoms with Crippen LogP contribution in [-0.2, 0) is 5.75 Å². The average Bonchev–Trinajstić information content (AvgIpc) is 3.27. The van der Waals surface area contributed by atoms with E-state index in [1.807, 2.05) is 49.4 Å². The molecule has 0 bridgehead atoms. The molecule has 0 unspecified atom stereocenters. The molecule has 0 aliphatic carbocycles. The molecule has 132 valence electrons. The number of aromatic amines is 1. The smallest absolute Gasteiger partial charge is 0.237 e. The number of halogens is 1. The van der Waals surface area contributed by atoms with E-state index in [9.17, 15) is 0 Å². The van der Waals surface area contributed by atoms with Crippen LogP contribution in [0.5, 0.6) is 5.75 Å². The fourth-order valence-electron chi connectivity index (χ4n) is 2.51. The largest absolute Gasteiger partial charge is 0.493 e. The number of nitrogens with zero attached hydrogens (tertiary/aromatic N) is 3. The summed E-state index contributed by atoms with van der Waals surface area (Å²) in [4.78, 5) is 12.2. The Morgan fingerprint density at radius 2 is 2.08 bits per heavy atom. The molecule has 0 saturated heterocycles. The van der Waals surface area contributed by atoms with Crippen molar-refractivity contribution < 1.29 is 9.26 Å². The molecule has 2 aromatic heterocycles. The number of imidazole rings is 1. The second kappa shape index (κ2) is 7.39. The van der Waals surface area contributed by atoms with E-state index in [4.69, 9.17) is 20.9 Å². The van der Waals surface area contributed by atoms with Gasteiger partial charge in [0.1, 0.15) is 5.75 Å². The first-order valence-corrected chi connectivity index (χ1v) is 9.42. The molecule has 0 aliphatic heterocycles. The minimum Gasteiger partial charge on any atom is -0.493 e. The van der Waals surface area contributed by atoms with Gasteiger partial charge in [-0.05, 0) is 37.3 Å². The highest BCUT2D eigenvalue weighted by Gasteiger charge is 2.14. The molecule has 0 radical (unpaired) electrons. The van der Waals surface area contributed by atoms with Gasteiger partial charge < -0.3 is 14.2 Å². The van der Waals surface area contributed by atoms with Gasteiger partial charge in [0, 0.05) is 5.02 Å². The average molecular weight is 387 g/mol. The molecule has 0 spiro atoms. The molecule has 1 N–H and O–H groups in total. The van der Waals surface area contributed by atoms with Crippen molar-refractivity contribution in [2.45, 2.75) is 17.8 Å². The first kappa shape index (κ1) is 16.9. The summed E-state index contributed by atoms with van der Waals surface area (Å²) in [5.41, 5.74) is 2.58. The van der Waals surface area contributed by atoms with E-state index in [2.05, 4.69) is 20.1 Å². The number of thioether (sulfide) groups is 1. The molecular formula is C18H15ClN4O2S. The number of hydrogen-bond donors (Lipinski definition) is 1. The van der Waals surface area contributed by atoms with Gasteiger partial charge in [0.15, 0.2) is 5.16 Å². The number of H-pyrrole nitrogens is 1. The Hall–Kier alpha value is -2.51. The monoisotopic (exact) mass is 386 g/mol. The number of hydrogen-bond acceptors (Lipinski definition) is 6. The summed E-state index contributed by atoms with van der Waals surface area (Å²) in [5, 5.41) is 5.52. The maximum absolute atomic E-state index is 6.00. The highest BCUT2D eigenvalue weighted by atomic mass is 35.5. The van der Waals surface area contributed by atoms with Crippen molar-refractivity contribution in [2.24, 2.45) is 0 Å². The molecule has 0 atom stereocenters. The van der Waals surface area contributed by atoms with Crippen molar-refractivity contribution in [2.75, 3.05) is 6.61 Å². The van der Waals surface area contributed by atoms with E-state index >= 15 is 0 Å². The second-order valence-electron chi connectivity index (χ2n) is 5.43. The highest BCUT2D eigenvalue weighted by Crippen LogP contribution is 2.29. The molecule has 4 aromatic rings. The van der Waals surface area contributed by atoms with Gasteiger partial charge in [-0.2, -0.15) is 4.98 Å². The second-order valence-corrected chi connectivity index (χ2v) is 6.83. The first-order valence-electron chi connectivity index (χ1n) is 8.06. The van der Waals surface area contributed by atoms with Crippen molar-refractivity contribution in [3.8, 4) is 17.1 Å². The zero-order valence-corrected chi connectivity index (χ0v) is 15.5. The van der Waals surface area contributed by atoms with Crippen LogP contribution in [0.2, 0.25) is 5.02 Å². The maximum atomic E-state index is 6.00. The van der Waals surface area contributed by atoms with Crippen LogP contribution in [-0.4, -0.2) is 26.7 Å². The Bertz CT molecular complexity index is 1050. The minimum absolute atomic E-state index is 0.511. The number of rotatable bonds is 6. The van der Waals surface area contributed by atoms with Gasteiger partial charge in [-0.15, -0.1) is 0 Å². The van der Waals surface area contributed by atoms with Crippen LogP contribution in [0.25, 0.3) is 22.4 Å². The first-order chi connectivity index (χ1) is 12.7. The predicted octanol–water partition coefficient (Wildman–Crippen LogP) is 4.96. The summed E-state index contributed by atoms with van der Waals surface area (Å²) >= 11 is 7.49. The fraction of sp³-hybridized carbons (Fsp3) is 0.167. The zero-order valence-electron chi connectivity index (χ0n) is 13.9. The van der Waals surface area contributed by atoms with Crippen LogP contribution in [0.3, 0.4) is 0 Å². The van der Waals surface area contributed by atoms with Crippen LogP contribution < -0.4 is 4.74 Å². The number of ether oxygens (including phenoxy) is 1. The summed E-state index contributed by atoms with van der Waals surface area (Å²) < 4.78 is 11.0. The summed E-state index contributed by atoms with van der Waals surface area (Å²) in [5.74, 6) is 2.29. The van der Waals surface area contributed by atoms with Gasteiger partial charge in [0.05, 0.1) is 29.0 Å². The quantitative estimate of drug-likeness (QED) is 0.472. The number of aromatic nitrogens is 4. The summed E-state index contributed by atoms with van der Waals surface area (Å²) in [7, 11) is 0. The SMILES string of the molecule is CCOc1ccccc1-c1noc(CSc2nc3ccc(Cl)cc3[nH]2)n1. The molecule has 8 heteroatoms. The Balaban J connectivity index is 1.50. The molecule has 2 aromatic carbocycles. The van der Waals surface area contributed by atoms with Gasteiger partial charge >= 0.3 is 0 Å². The van der Waals surface area contributed by atoms with Crippen LogP contribution in [0, 0.1) is 0 Å². The lowest BCUT2D eigenvalue weighted by atomic mass is 10.2. The maximum Gasteiger partial charge on any atom is 0.237 e. The summed E-state index contributed by atoms with van der Waals surface area (Å²) in [6.07, 6.45) is 0. The number of fused-ring (bicyclic) bond motifs is 1. The fourth-order valence-corrected chi connectivity index (χ4v) is 3.41. The third kappa shape index (κ3) is 3.54. The van der Waals surface area contributed by atoms with Crippen LogP contribution in [0.4, 0.5) is 0 Å². The van der Waals surface area contributed by atoms with E-state index in [-0.39, 0.29) is 0 Å². The zero-order chi connectivity index (χ0) is 17.9. The number of benzene rings is 2. The molecular weight excluding hydrogens is 372 g/mol. The minimum atomic E-state index is 0.511. The van der Waals surface area contributed by atoms with Gasteiger partial charge in [-0.25, -0.2) is 4.98 Å². The summed E-state index contributed by atoms with van der Waals surface area (Å²) in [6, 6.07) is 13.2. The molecule has 0 fully saturated rings. The predicted molar refractivity (Wildman–Crippen MR) is 102 cm³/mol. The Kier molecular flexibility index (Phi) is 4.81. The molecule has 2 heterocycles. The lowest BCUT2D eigenvalue weighted by Gasteiger charge is -2.05. The van der Waals surface area contributed by atoms with Gasteiger partial charge in [0.2, 0.25) is 11.7 Å². The molecule has 26 heavy (non-hydrogen) atoms. The number of para-hydroxylation sites is 1. The Morgan fingerprint density at radius 3 is 2.96 bits per heavy atom. The van der Waals surface area contributed by atoms with E-state index in [1.54, 1.807) is 0 Å². The van der Waals surface area contributed by atoms with Crippen molar-refractivity contribution in [1.82, 2.24) is 20.1 Å². The Morgan fingerprint density at radius 1 is 1.19 bits per heavy atom. The standard InChI is InChI=1S/C18H15ClN4O2S/c1-2-24-15-6-4-3-5-12(15)17-22-16(25-23-17)10-26-18-20-13-8-7-11(19)9-14(13)21-18/h3-9H,2,10H2,1H3,(H,20,21). The van der Waals surface area contributed by atoms with E-state index in [1.165, 1.54) is 11.8 Å². The third-order valence-corrected chi connectivity index (χ3v) is 4.74. The van der Waals surface area contributed by atoms with Gasteiger partial charge in [-0.1, -0.05) is 40.7 Å². The molecule has 0 aliphatic rings. The van der Waals surface area contributed by atoms with E-state index in [0.29, 0.717) is 29.1 Å². The van der Waals surface area contributed by atoms with Gasteiger partial charge in [-0.3, -0.25) is 0 Å². The molecule has 0 amide bonds. The normalized spacial score (nSPS) is 11.2. The third-order valence-electron chi connectivity index (χ3n) is 3.65. The van der Waals surface area contributed by atoms with Crippen molar-refractivity contribution in [3.05, 3.63) is 53.4 Å². The van der Waals surface area contributed by atoms with Crippen molar-refractivity contribution in [3.63, 3.8) is 0 Å². The lowest BCUT2D eigenvalue weighted by molar-refractivity contribution is 0.341. The number of nitrogens with one attached hydrogen (secondary N) is 1. The molecule has 4 rings (SSSR count). The molecule has 6 nitrogen and oxygen atoms in total. The highest BCUT2D eigenvalue weighted by molar-refractivity contribution is 7.98. The summed E-state index contributed by atoms with van der Waals surface area (Å²) in [6.45, 7) is 2.52. The van der Waals surface area contributed by atoms with Crippen molar-refractivity contribution in [1.29, 1.82) is 0 Å². The van der Waals surface area contributed by atoms with Crippen LogP contribution >= 0.6 is 23.4 Å². The van der Waals surface area contributed by atoms with Crippen molar-refractivity contribution >= 4 is 34.4 Å². The topological polar surface area (TPSA) is 76.8 Å². The van der Waals surface area contributed by atoms with Crippen LogP contribution in [0.15, 0.2) is 52.1 Å². The van der Waals surface area contributed by atoms with E-state index in [0.717, 1.165) is 27.5 Å². The van der Waals surface area contributed by atoms with E-state index < -0.39 is 0 Å². The van der Waals surface area contributed by atoms with Crippen LogP contribution in [0.1, 0.15) is 12.8 Å². The lowest BCUT2D eigenvalue weighted by Crippen LogP contribution is -1.94.